The average Bonchev–Trinajstić information content (AvgIpc) is 3.23. The summed E-state index contributed by atoms with van der Waals surface area (Å²) in [6.07, 6.45) is 7.05. The third-order valence-corrected chi connectivity index (χ3v) is 4.66. The molecule has 4 heteroatoms. The minimum Gasteiger partial charge on any atom is -0.342 e. The number of amides is 1. The van der Waals surface area contributed by atoms with Crippen molar-refractivity contribution in [3.8, 4) is 0 Å². The Balaban J connectivity index is 0.00000200. The van der Waals surface area contributed by atoms with Crippen LogP contribution in [-0.2, 0) is 4.79 Å². The molecule has 118 valence electrons. The van der Waals surface area contributed by atoms with Gasteiger partial charge in [0, 0.05) is 19.5 Å². The molecule has 0 aromatic heterocycles. The van der Waals surface area contributed by atoms with Crippen LogP contribution in [0.25, 0.3) is 0 Å². The van der Waals surface area contributed by atoms with E-state index < -0.39 is 0 Å². The molecule has 0 aromatic rings. The van der Waals surface area contributed by atoms with Crippen molar-refractivity contribution in [3.05, 3.63) is 0 Å². The molecular formula is C16H31ClN2O. The maximum Gasteiger partial charge on any atom is 0.222 e. The van der Waals surface area contributed by atoms with Crippen molar-refractivity contribution in [1.29, 1.82) is 0 Å². The number of carbonyl (C=O) groups excluding carboxylic acids is 1. The summed E-state index contributed by atoms with van der Waals surface area (Å²) in [7, 11) is 0. The highest BCUT2D eigenvalue weighted by molar-refractivity contribution is 5.85. The van der Waals surface area contributed by atoms with Gasteiger partial charge in [-0.3, -0.25) is 4.79 Å². The number of rotatable bonds is 7. The summed E-state index contributed by atoms with van der Waals surface area (Å²) in [5.41, 5.74) is 0. The molecule has 1 saturated carbocycles. The van der Waals surface area contributed by atoms with Crippen molar-refractivity contribution >= 4 is 18.3 Å². The van der Waals surface area contributed by atoms with Crippen LogP contribution in [0.2, 0.25) is 0 Å². The van der Waals surface area contributed by atoms with Gasteiger partial charge in [0.25, 0.3) is 0 Å². The number of carbonyl (C=O) groups is 1. The molecule has 2 rings (SSSR count). The largest absolute Gasteiger partial charge is 0.342 e. The van der Waals surface area contributed by atoms with Crippen LogP contribution in [0.15, 0.2) is 0 Å². The minimum atomic E-state index is 0. The Kier molecular flexibility index (Phi) is 7.90. The van der Waals surface area contributed by atoms with Crippen LogP contribution < -0.4 is 5.32 Å². The van der Waals surface area contributed by atoms with Gasteiger partial charge in [-0.2, -0.15) is 0 Å². The van der Waals surface area contributed by atoms with Crippen molar-refractivity contribution in [2.24, 2.45) is 17.8 Å². The predicted octanol–water partition coefficient (Wildman–Crippen LogP) is 3.08. The zero-order valence-electron chi connectivity index (χ0n) is 13.1. The van der Waals surface area contributed by atoms with Crippen molar-refractivity contribution < 1.29 is 4.79 Å². The smallest absolute Gasteiger partial charge is 0.222 e. The van der Waals surface area contributed by atoms with Crippen molar-refractivity contribution in [2.45, 2.75) is 52.4 Å². The van der Waals surface area contributed by atoms with Gasteiger partial charge in [0.1, 0.15) is 0 Å². The van der Waals surface area contributed by atoms with E-state index in [-0.39, 0.29) is 12.4 Å². The molecule has 1 amide bonds. The van der Waals surface area contributed by atoms with Gasteiger partial charge in [0.05, 0.1) is 0 Å². The molecule has 3 nitrogen and oxygen atoms in total. The van der Waals surface area contributed by atoms with E-state index >= 15 is 0 Å². The second-order valence-electron chi connectivity index (χ2n) is 6.57. The van der Waals surface area contributed by atoms with Crippen LogP contribution in [-0.4, -0.2) is 37.0 Å². The maximum absolute atomic E-state index is 12.5. The molecule has 2 aliphatic rings. The highest BCUT2D eigenvalue weighted by atomic mass is 35.5. The highest BCUT2D eigenvalue weighted by Gasteiger charge is 2.28. The summed E-state index contributed by atoms with van der Waals surface area (Å²) in [5, 5.41) is 3.46. The van der Waals surface area contributed by atoms with E-state index in [0.717, 1.165) is 44.9 Å². The van der Waals surface area contributed by atoms with E-state index in [2.05, 4.69) is 24.1 Å². The molecule has 0 aromatic carbocycles. The molecule has 1 aliphatic carbocycles. The minimum absolute atomic E-state index is 0. The number of nitrogens with one attached hydrogen (secondary N) is 1. The lowest BCUT2D eigenvalue weighted by atomic mass is 9.85. The molecule has 0 spiro atoms. The lowest BCUT2D eigenvalue weighted by molar-refractivity contribution is -0.132. The topological polar surface area (TPSA) is 32.3 Å². The number of nitrogens with zero attached hydrogens (tertiary/aromatic N) is 1. The number of hydrogen-bond acceptors (Lipinski definition) is 2. The standard InChI is InChI=1S/C16H30N2O.ClH/c1-3-9-18(12-14-6-7-14)16(19)10-13(2)15-5-4-8-17-11-15;/h13-15,17H,3-12H2,1-2H3;1H. The number of hydrogen-bond donors (Lipinski definition) is 1. The molecule has 2 atom stereocenters. The molecule has 1 heterocycles. The molecule has 20 heavy (non-hydrogen) atoms. The fourth-order valence-corrected chi connectivity index (χ4v) is 3.14. The van der Waals surface area contributed by atoms with E-state index in [1.807, 2.05) is 0 Å². The quantitative estimate of drug-likeness (QED) is 0.784. The van der Waals surface area contributed by atoms with Gasteiger partial charge in [-0.05, 0) is 62.9 Å². The summed E-state index contributed by atoms with van der Waals surface area (Å²) in [6, 6.07) is 0. The summed E-state index contributed by atoms with van der Waals surface area (Å²) < 4.78 is 0. The Bertz CT molecular complexity index is 288. The van der Waals surface area contributed by atoms with E-state index in [4.69, 9.17) is 0 Å². The van der Waals surface area contributed by atoms with E-state index in [1.165, 1.54) is 25.7 Å². The molecule has 1 aliphatic heterocycles. The van der Waals surface area contributed by atoms with Gasteiger partial charge in [-0.1, -0.05) is 13.8 Å². The van der Waals surface area contributed by atoms with Crippen LogP contribution >= 0.6 is 12.4 Å². The molecular weight excluding hydrogens is 272 g/mol. The first-order chi connectivity index (χ1) is 9.20. The number of piperidine rings is 1. The van der Waals surface area contributed by atoms with Crippen LogP contribution in [0.5, 0.6) is 0 Å². The zero-order chi connectivity index (χ0) is 13.7. The molecule has 1 N–H and O–H groups in total. The van der Waals surface area contributed by atoms with Crippen molar-refractivity contribution in [3.63, 3.8) is 0 Å². The summed E-state index contributed by atoms with van der Waals surface area (Å²) in [6.45, 7) is 8.65. The third-order valence-electron chi connectivity index (χ3n) is 4.66. The Labute approximate surface area is 130 Å². The predicted molar refractivity (Wildman–Crippen MR) is 86.2 cm³/mol. The monoisotopic (exact) mass is 302 g/mol. The van der Waals surface area contributed by atoms with Gasteiger partial charge in [-0.25, -0.2) is 0 Å². The first-order valence-corrected chi connectivity index (χ1v) is 8.19. The molecule has 0 radical (unpaired) electrons. The number of halogens is 1. The second-order valence-corrected chi connectivity index (χ2v) is 6.57. The van der Waals surface area contributed by atoms with Crippen LogP contribution in [0, 0.1) is 17.8 Å². The summed E-state index contributed by atoms with van der Waals surface area (Å²) in [5.74, 6) is 2.43. The van der Waals surface area contributed by atoms with Crippen LogP contribution in [0.3, 0.4) is 0 Å². The van der Waals surface area contributed by atoms with Crippen LogP contribution in [0.4, 0.5) is 0 Å². The fraction of sp³-hybridized carbons (Fsp3) is 0.938. The van der Waals surface area contributed by atoms with Gasteiger partial charge < -0.3 is 10.2 Å². The zero-order valence-corrected chi connectivity index (χ0v) is 13.9. The molecule has 2 fully saturated rings. The third kappa shape index (κ3) is 5.61. The van der Waals surface area contributed by atoms with Crippen LogP contribution in [0.1, 0.15) is 52.4 Å². The van der Waals surface area contributed by atoms with Crippen molar-refractivity contribution in [2.75, 3.05) is 26.2 Å². The highest BCUT2D eigenvalue weighted by Crippen LogP contribution is 2.30. The Morgan fingerprint density at radius 3 is 2.65 bits per heavy atom. The van der Waals surface area contributed by atoms with Gasteiger partial charge in [0.15, 0.2) is 0 Å². The Morgan fingerprint density at radius 2 is 2.10 bits per heavy atom. The van der Waals surface area contributed by atoms with Gasteiger partial charge >= 0.3 is 0 Å². The molecule has 2 unspecified atom stereocenters. The normalized spacial score (nSPS) is 23.8. The fourth-order valence-electron chi connectivity index (χ4n) is 3.14. The second kappa shape index (κ2) is 8.89. The Hall–Kier alpha value is -0.280. The average molecular weight is 303 g/mol. The van der Waals surface area contributed by atoms with Gasteiger partial charge in [0.2, 0.25) is 5.91 Å². The van der Waals surface area contributed by atoms with E-state index in [1.54, 1.807) is 0 Å². The first-order valence-electron chi connectivity index (χ1n) is 8.19. The lowest BCUT2D eigenvalue weighted by Gasteiger charge is -2.30. The maximum atomic E-state index is 12.5. The summed E-state index contributed by atoms with van der Waals surface area (Å²) in [4.78, 5) is 14.6. The van der Waals surface area contributed by atoms with Gasteiger partial charge in [-0.15, -0.1) is 12.4 Å². The Morgan fingerprint density at radius 1 is 1.35 bits per heavy atom. The van der Waals surface area contributed by atoms with E-state index in [0.29, 0.717) is 17.7 Å². The lowest BCUT2D eigenvalue weighted by Crippen LogP contribution is -2.38. The SMILES string of the molecule is CCCN(CC1CC1)C(=O)CC(C)C1CCCNC1.Cl. The summed E-state index contributed by atoms with van der Waals surface area (Å²) >= 11 is 0. The molecule has 0 bridgehead atoms. The van der Waals surface area contributed by atoms with E-state index in [9.17, 15) is 4.79 Å². The molecule has 1 saturated heterocycles. The first kappa shape index (κ1) is 17.8. The van der Waals surface area contributed by atoms with Crippen molar-refractivity contribution in [1.82, 2.24) is 10.2 Å².